The van der Waals surface area contributed by atoms with Crippen LogP contribution in [0.3, 0.4) is 0 Å². The molecule has 0 bridgehead atoms. The monoisotopic (exact) mass is 237 g/mol. The molecule has 0 saturated heterocycles. The molecule has 1 aliphatic carbocycles. The summed E-state index contributed by atoms with van der Waals surface area (Å²) in [4.78, 5) is 0. The van der Waals surface area contributed by atoms with Crippen LogP contribution in [0, 0.1) is 17.3 Å². The topological polar surface area (TPSA) is 12.0 Å². The summed E-state index contributed by atoms with van der Waals surface area (Å²) in [7, 11) is 2.04. The lowest BCUT2D eigenvalue weighted by atomic mass is 9.69. The van der Waals surface area contributed by atoms with E-state index in [1.165, 1.54) is 31.3 Å². The van der Waals surface area contributed by atoms with Gasteiger partial charge in [-0.25, -0.2) is 0 Å². The lowest BCUT2D eigenvalue weighted by molar-refractivity contribution is 0.162. The molecule has 0 aromatic carbocycles. The van der Waals surface area contributed by atoms with Gasteiger partial charge in [0.15, 0.2) is 0 Å². The van der Waals surface area contributed by atoms with E-state index in [4.69, 9.17) is 0 Å². The van der Waals surface area contributed by atoms with E-state index in [0.717, 1.165) is 11.8 Å². The number of likely N-dealkylation sites (N-methyl/N-ethyl adjacent to an activating group) is 1. The van der Waals surface area contributed by atoms with Gasteiger partial charge in [0.05, 0.1) is 0 Å². The fraction of sp³-hybridized carbons (Fsp3) is 0.875. The number of rotatable bonds is 3. The first kappa shape index (κ1) is 14.8. The molecule has 1 unspecified atom stereocenters. The van der Waals surface area contributed by atoms with E-state index in [-0.39, 0.29) is 0 Å². The first-order valence-electron chi connectivity index (χ1n) is 7.20. The van der Waals surface area contributed by atoms with Crippen molar-refractivity contribution in [3.63, 3.8) is 0 Å². The van der Waals surface area contributed by atoms with E-state index in [2.05, 4.69) is 46.0 Å². The molecule has 1 aliphatic rings. The van der Waals surface area contributed by atoms with Crippen LogP contribution in [-0.4, -0.2) is 13.1 Å². The average molecular weight is 237 g/mol. The number of allylic oxidation sites excluding steroid dienone is 1. The van der Waals surface area contributed by atoms with Crippen molar-refractivity contribution in [3.8, 4) is 0 Å². The van der Waals surface area contributed by atoms with Crippen LogP contribution in [0.1, 0.15) is 60.3 Å². The zero-order valence-electron chi connectivity index (χ0n) is 12.6. The molecule has 1 atom stereocenters. The van der Waals surface area contributed by atoms with E-state index in [9.17, 15) is 0 Å². The van der Waals surface area contributed by atoms with Crippen molar-refractivity contribution < 1.29 is 0 Å². The fourth-order valence-corrected chi connectivity index (χ4v) is 2.90. The predicted octanol–water partition coefficient (Wildman–Crippen LogP) is 4.39. The summed E-state index contributed by atoms with van der Waals surface area (Å²) in [6, 6.07) is 0.523. The first-order chi connectivity index (χ1) is 7.84. The Morgan fingerprint density at radius 3 is 2.12 bits per heavy atom. The Hall–Kier alpha value is -0.300. The predicted molar refractivity (Wildman–Crippen MR) is 77.2 cm³/mol. The van der Waals surface area contributed by atoms with Crippen LogP contribution in [-0.2, 0) is 0 Å². The van der Waals surface area contributed by atoms with Gasteiger partial charge < -0.3 is 5.32 Å². The van der Waals surface area contributed by atoms with Crippen LogP contribution >= 0.6 is 0 Å². The van der Waals surface area contributed by atoms with Gasteiger partial charge in [0.25, 0.3) is 0 Å². The summed E-state index contributed by atoms with van der Waals surface area (Å²) in [6.07, 6.45) is 8.10. The molecule has 0 aromatic rings. The molecular weight excluding hydrogens is 206 g/mol. The molecule has 0 aliphatic heterocycles. The Labute approximate surface area is 108 Å². The smallest absolute Gasteiger partial charge is 0.0245 e. The van der Waals surface area contributed by atoms with Gasteiger partial charge in [0.2, 0.25) is 0 Å². The molecule has 0 spiro atoms. The summed E-state index contributed by atoms with van der Waals surface area (Å²) in [5.41, 5.74) is 2.01. The van der Waals surface area contributed by atoms with Crippen molar-refractivity contribution in [2.24, 2.45) is 17.3 Å². The van der Waals surface area contributed by atoms with Gasteiger partial charge in [-0.05, 0) is 63.8 Å². The minimum absolute atomic E-state index is 0.502. The minimum atomic E-state index is 0.502. The van der Waals surface area contributed by atoms with Crippen LogP contribution in [0.2, 0.25) is 0 Å². The molecule has 1 rings (SSSR count). The van der Waals surface area contributed by atoms with Gasteiger partial charge in [0, 0.05) is 6.04 Å². The van der Waals surface area contributed by atoms with E-state index >= 15 is 0 Å². The summed E-state index contributed by atoms with van der Waals surface area (Å²) in [5.74, 6) is 1.75. The van der Waals surface area contributed by atoms with Crippen molar-refractivity contribution in [1.82, 2.24) is 5.32 Å². The van der Waals surface area contributed by atoms with Gasteiger partial charge in [-0.1, -0.05) is 32.4 Å². The molecule has 1 heteroatoms. The van der Waals surface area contributed by atoms with Crippen molar-refractivity contribution >= 4 is 0 Å². The van der Waals surface area contributed by atoms with Gasteiger partial charge in [-0.15, -0.1) is 0 Å². The van der Waals surface area contributed by atoms with Crippen molar-refractivity contribution in [2.45, 2.75) is 66.3 Å². The van der Waals surface area contributed by atoms with Crippen LogP contribution in [0.15, 0.2) is 11.6 Å². The number of hydrogen-bond acceptors (Lipinski definition) is 1. The van der Waals surface area contributed by atoms with Crippen molar-refractivity contribution in [2.75, 3.05) is 7.05 Å². The largest absolute Gasteiger partial charge is 0.314 e. The maximum atomic E-state index is 3.32. The highest BCUT2D eigenvalue weighted by Gasteiger charge is 2.28. The van der Waals surface area contributed by atoms with Crippen LogP contribution in [0.4, 0.5) is 0 Å². The van der Waals surface area contributed by atoms with Crippen LogP contribution in [0.5, 0.6) is 0 Å². The van der Waals surface area contributed by atoms with Gasteiger partial charge >= 0.3 is 0 Å². The van der Waals surface area contributed by atoms with Crippen molar-refractivity contribution in [3.05, 3.63) is 11.6 Å². The number of nitrogens with one attached hydrogen (secondary N) is 1. The lowest BCUT2D eigenvalue weighted by Gasteiger charge is -2.36. The third-order valence-electron chi connectivity index (χ3n) is 4.61. The molecule has 1 nitrogen and oxygen atoms in total. The van der Waals surface area contributed by atoms with Gasteiger partial charge in [-0.3, -0.25) is 0 Å². The second-order valence-corrected chi connectivity index (χ2v) is 6.90. The molecule has 0 radical (unpaired) electrons. The second-order valence-electron chi connectivity index (χ2n) is 6.90. The van der Waals surface area contributed by atoms with Crippen LogP contribution in [0.25, 0.3) is 0 Å². The minimum Gasteiger partial charge on any atom is -0.314 e. The average Bonchev–Trinajstić information content (AvgIpc) is 2.27. The number of hydrogen-bond donors (Lipinski definition) is 1. The Balaban J connectivity index is 2.47. The maximum Gasteiger partial charge on any atom is 0.0245 e. The zero-order valence-corrected chi connectivity index (χ0v) is 12.6. The molecular formula is C16H31N. The highest BCUT2D eigenvalue weighted by molar-refractivity contribution is 5.08. The molecule has 0 amide bonds. The molecule has 17 heavy (non-hydrogen) atoms. The maximum absolute atomic E-state index is 3.32. The molecule has 1 fully saturated rings. The highest BCUT2D eigenvalue weighted by atomic mass is 14.9. The standard InChI is InChI=1S/C16H31N/c1-12(13(2)17-6)11-14-7-9-15(10-8-14)16(3,4)5/h11,13-15,17H,7-10H2,1-6H3. The van der Waals surface area contributed by atoms with Crippen molar-refractivity contribution in [1.29, 1.82) is 0 Å². The molecule has 0 heterocycles. The Kier molecular flexibility index (Phi) is 5.24. The third-order valence-corrected chi connectivity index (χ3v) is 4.61. The summed E-state index contributed by atoms with van der Waals surface area (Å²) >= 11 is 0. The highest BCUT2D eigenvalue weighted by Crippen LogP contribution is 2.40. The van der Waals surface area contributed by atoms with E-state index in [1.807, 2.05) is 7.05 Å². The van der Waals surface area contributed by atoms with Crippen LogP contribution < -0.4 is 5.32 Å². The second kappa shape index (κ2) is 6.04. The third kappa shape index (κ3) is 4.46. The summed E-state index contributed by atoms with van der Waals surface area (Å²) in [5, 5.41) is 3.32. The summed E-state index contributed by atoms with van der Waals surface area (Å²) in [6.45, 7) is 11.7. The zero-order chi connectivity index (χ0) is 13.1. The van der Waals surface area contributed by atoms with Gasteiger partial charge in [0.1, 0.15) is 0 Å². The molecule has 1 saturated carbocycles. The Morgan fingerprint density at radius 2 is 1.71 bits per heavy atom. The Bertz CT molecular complexity index is 251. The SMILES string of the molecule is CNC(C)C(C)=CC1CCC(C(C)(C)C)CC1. The quantitative estimate of drug-likeness (QED) is 0.718. The van der Waals surface area contributed by atoms with E-state index in [1.54, 1.807) is 0 Å². The Morgan fingerprint density at radius 1 is 1.18 bits per heavy atom. The fourth-order valence-electron chi connectivity index (χ4n) is 2.90. The normalized spacial score (nSPS) is 29.2. The van der Waals surface area contributed by atoms with Gasteiger partial charge in [-0.2, -0.15) is 0 Å². The molecule has 0 aromatic heterocycles. The molecule has 1 N–H and O–H groups in total. The lowest BCUT2D eigenvalue weighted by Crippen LogP contribution is -2.26. The molecule has 100 valence electrons. The first-order valence-corrected chi connectivity index (χ1v) is 7.20. The van der Waals surface area contributed by atoms with E-state index < -0.39 is 0 Å². The van der Waals surface area contributed by atoms with E-state index in [0.29, 0.717) is 11.5 Å². The summed E-state index contributed by atoms with van der Waals surface area (Å²) < 4.78 is 0.